The largest absolute Gasteiger partial charge is 0.351 e. The lowest BCUT2D eigenvalue weighted by Crippen LogP contribution is -2.50. The first kappa shape index (κ1) is 14.8. The van der Waals surface area contributed by atoms with Gasteiger partial charge >= 0.3 is 0 Å². The van der Waals surface area contributed by atoms with Crippen molar-refractivity contribution < 1.29 is 4.79 Å². The van der Waals surface area contributed by atoms with Gasteiger partial charge in [0.2, 0.25) is 5.91 Å². The molecule has 2 N–H and O–H groups in total. The average Bonchev–Trinajstić information content (AvgIpc) is 2.30. The van der Waals surface area contributed by atoms with E-state index in [1.807, 2.05) is 0 Å². The highest BCUT2D eigenvalue weighted by atomic mass is 35.5. The number of piperidine rings is 1. The molecule has 0 bridgehead atoms. The molecule has 1 saturated carbocycles. The summed E-state index contributed by atoms with van der Waals surface area (Å²) in [5.74, 6) is 0.547. The molecule has 0 radical (unpaired) electrons. The van der Waals surface area contributed by atoms with Gasteiger partial charge in [0, 0.05) is 11.5 Å². The molecule has 4 heteroatoms. The number of hydrogen-bond donors (Lipinski definition) is 2. The lowest BCUT2D eigenvalue weighted by Gasteiger charge is -2.36. The quantitative estimate of drug-likeness (QED) is 0.800. The van der Waals surface area contributed by atoms with Crippen LogP contribution in [0.2, 0.25) is 0 Å². The van der Waals surface area contributed by atoms with Crippen LogP contribution in [0.25, 0.3) is 0 Å². The normalized spacial score (nSPS) is 24.8. The first-order chi connectivity index (χ1) is 7.70. The average molecular weight is 261 g/mol. The maximum Gasteiger partial charge on any atom is 0.223 e. The standard InChI is InChI=1S/C13H24N2O.ClH/c1-13(7-3-2-4-8-13)15-12(16)11-5-9-14-10-6-11;/h11,14H,2-10H2,1H3,(H,15,16);1H. The summed E-state index contributed by atoms with van der Waals surface area (Å²) in [6.45, 7) is 4.20. The minimum absolute atomic E-state index is 0. The number of hydrogen-bond acceptors (Lipinski definition) is 2. The third-order valence-corrected chi connectivity index (χ3v) is 4.09. The van der Waals surface area contributed by atoms with Crippen LogP contribution in [0.5, 0.6) is 0 Å². The summed E-state index contributed by atoms with van der Waals surface area (Å²) < 4.78 is 0. The highest BCUT2D eigenvalue weighted by Crippen LogP contribution is 2.28. The van der Waals surface area contributed by atoms with Crippen LogP contribution in [-0.2, 0) is 4.79 Å². The smallest absolute Gasteiger partial charge is 0.223 e. The fourth-order valence-electron chi connectivity index (χ4n) is 2.94. The molecule has 1 heterocycles. The molecule has 1 aliphatic heterocycles. The Hall–Kier alpha value is -0.280. The number of carbonyl (C=O) groups excluding carboxylic acids is 1. The van der Waals surface area contributed by atoms with Crippen LogP contribution < -0.4 is 10.6 Å². The van der Waals surface area contributed by atoms with Crippen molar-refractivity contribution in [2.75, 3.05) is 13.1 Å². The minimum Gasteiger partial charge on any atom is -0.351 e. The summed E-state index contributed by atoms with van der Waals surface area (Å²) in [5, 5.41) is 6.60. The molecule has 0 atom stereocenters. The van der Waals surface area contributed by atoms with E-state index in [0.717, 1.165) is 38.8 Å². The first-order valence-corrected chi connectivity index (χ1v) is 6.72. The van der Waals surface area contributed by atoms with Gasteiger partial charge in [-0.25, -0.2) is 0 Å². The number of nitrogens with one attached hydrogen (secondary N) is 2. The lowest BCUT2D eigenvalue weighted by molar-refractivity contribution is -0.128. The van der Waals surface area contributed by atoms with Gasteiger partial charge in [-0.05, 0) is 45.7 Å². The van der Waals surface area contributed by atoms with Crippen molar-refractivity contribution in [3.8, 4) is 0 Å². The molecule has 3 nitrogen and oxygen atoms in total. The van der Waals surface area contributed by atoms with E-state index in [1.54, 1.807) is 0 Å². The molecule has 17 heavy (non-hydrogen) atoms. The van der Waals surface area contributed by atoms with Gasteiger partial charge in [-0.2, -0.15) is 0 Å². The zero-order valence-corrected chi connectivity index (χ0v) is 11.6. The molecule has 0 aromatic rings. The van der Waals surface area contributed by atoms with Gasteiger partial charge < -0.3 is 10.6 Å². The van der Waals surface area contributed by atoms with E-state index in [0.29, 0.717) is 5.91 Å². The van der Waals surface area contributed by atoms with E-state index in [4.69, 9.17) is 0 Å². The van der Waals surface area contributed by atoms with Crippen molar-refractivity contribution in [3.63, 3.8) is 0 Å². The zero-order chi connectivity index (χ0) is 11.4. The molecule has 2 rings (SSSR count). The summed E-state index contributed by atoms with van der Waals surface area (Å²) >= 11 is 0. The number of carbonyl (C=O) groups is 1. The van der Waals surface area contributed by atoms with E-state index in [9.17, 15) is 4.79 Å². The Morgan fingerprint density at radius 2 is 1.76 bits per heavy atom. The van der Waals surface area contributed by atoms with E-state index in [-0.39, 0.29) is 23.9 Å². The number of halogens is 1. The molecule has 0 aromatic heterocycles. The van der Waals surface area contributed by atoms with E-state index >= 15 is 0 Å². The fraction of sp³-hybridized carbons (Fsp3) is 0.923. The first-order valence-electron chi connectivity index (χ1n) is 6.72. The van der Waals surface area contributed by atoms with Gasteiger partial charge in [0.1, 0.15) is 0 Å². The Balaban J connectivity index is 0.00000144. The maximum atomic E-state index is 12.1. The van der Waals surface area contributed by atoms with Gasteiger partial charge in [0.15, 0.2) is 0 Å². The Bertz CT molecular complexity index is 246. The van der Waals surface area contributed by atoms with Gasteiger partial charge in [-0.1, -0.05) is 19.3 Å². The second-order valence-electron chi connectivity index (χ2n) is 5.63. The Labute approximate surface area is 111 Å². The highest BCUT2D eigenvalue weighted by molar-refractivity contribution is 5.85. The van der Waals surface area contributed by atoms with Gasteiger partial charge in [0.05, 0.1) is 0 Å². The number of amides is 1. The molecule has 2 fully saturated rings. The van der Waals surface area contributed by atoms with Crippen LogP contribution in [0, 0.1) is 5.92 Å². The Kier molecular flexibility index (Phi) is 5.74. The van der Waals surface area contributed by atoms with E-state index < -0.39 is 0 Å². The van der Waals surface area contributed by atoms with Crippen molar-refractivity contribution >= 4 is 18.3 Å². The summed E-state index contributed by atoms with van der Waals surface area (Å²) in [7, 11) is 0. The summed E-state index contributed by atoms with van der Waals surface area (Å²) in [4.78, 5) is 12.1. The molecule has 100 valence electrons. The number of rotatable bonds is 2. The minimum atomic E-state index is 0. The molecule has 1 saturated heterocycles. The summed E-state index contributed by atoms with van der Waals surface area (Å²) in [6, 6.07) is 0. The predicted octanol–water partition coefficient (Wildman–Crippen LogP) is 2.25. The van der Waals surface area contributed by atoms with E-state index in [2.05, 4.69) is 17.6 Å². The van der Waals surface area contributed by atoms with Crippen LogP contribution in [0.1, 0.15) is 51.9 Å². The second kappa shape index (κ2) is 6.60. The van der Waals surface area contributed by atoms with Gasteiger partial charge in [-0.3, -0.25) is 4.79 Å². The van der Waals surface area contributed by atoms with Crippen molar-refractivity contribution in [2.24, 2.45) is 5.92 Å². The van der Waals surface area contributed by atoms with Crippen molar-refractivity contribution in [2.45, 2.75) is 57.4 Å². The van der Waals surface area contributed by atoms with Crippen LogP contribution in [0.15, 0.2) is 0 Å². The topological polar surface area (TPSA) is 41.1 Å². The third-order valence-electron chi connectivity index (χ3n) is 4.09. The third kappa shape index (κ3) is 4.14. The second-order valence-corrected chi connectivity index (χ2v) is 5.63. The maximum absolute atomic E-state index is 12.1. The van der Waals surface area contributed by atoms with Crippen LogP contribution in [0.4, 0.5) is 0 Å². The Morgan fingerprint density at radius 3 is 2.35 bits per heavy atom. The molecule has 0 aromatic carbocycles. The molecule has 1 aliphatic carbocycles. The van der Waals surface area contributed by atoms with Gasteiger partial charge in [-0.15, -0.1) is 12.4 Å². The predicted molar refractivity (Wildman–Crippen MR) is 72.5 cm³/mol. The monoisotopic (exact) mass is 260 g/mol. The zero-order valence-electron chi connectivity index (χ0n) is 10.8. The lowest BCUT2D eigenvalue weighted by atomic mass is 9.82. The fourth-order valence-corrected chi connectivity index (χ4v) is 2.94. The molecular weight excluding hydrogens is 236 g/mol. The van der Waals surface area contributed by atoms with Crippen molar-refractivity contribution in [1.82, 2.24) is 10.6 Å². The molecule has 0 spiro atoms. The van der Waals surface area contributed by atoms with Crippen LogP contribution in [-0.4, -0.2) is 24.5 Å². The molecular formula is C13H25ClN2O. The molecule has 2 aliphatic rings. The van der Waals surface area contributed by atoms with Crippen molar-refractivity contribution in [3.05, 3.63) is 0 Å². The Morgan fingerprint density at radius 1 is 1.18 bits per heavy atom. The molecule has 1 amide bonds. The highest BCUT2D eigenvalue weighted by Gasteiger charge is 2.31. The summed E-state index contributed by atoms with van der Waals surface area (Å²) in [5.41, 5.74) is 0.0835. The SMILES string of the molecule is CC1(NC(=O)C2CCNCC2)CCCCC1.Cl. The van der Waals surface area contributed by atoms with Crippen molar-refractivity contribution in [1.29, 1.82) is 0 Å². The van der Waals surface area contributed by atoms with Crippen LogP contribution >= 0.6 is 12.4 Å². The molecule has 0 unspecified atom stereocenters. The summed E-state index contributed by atoms with van der Waals surface area (Å²) in [6.07, 6.45) is 8.18. The van der Waals surface area contributed by atoms with Crippen LogP contribution in [0.3, 0.4) is 0 Å². The van der Waals surface area contributed by atoms with Gasteiger partial charge in [0.25, 0.3) is 0 Å². The van der Waals surface area contributed by atoms with E-state index in [1.165, 1.54) is 19.3 Å².